The van der Waals surface area contributed by atoms with E-state index in [0.717, 1.165) is 6.54 Å². The third kappa shape index (κ3) is 2.54. The fourth-order valence-corrected chi connectivity index (χ4v) is 2.31. The highest BCUT2D eigenvalue weighted by Gasteiger charge is 2.17. The molecule has 1 aliphatic rings. The molecule has 0 radical (unpaired) electrons. The van der Waals surface area contributed by atoms with Crippen LogP contribution in [0.15, 0.2) is 23.1 Å². The van der Waals surface area contributed by atoms with Crippen LogP contribution in [0.5, 0.6) is 0 Å². The van der Waals surface area contributed by atoms with Gasteiger partial charge in [0.1, 0.15) is 0 Å². The van der Waals surface area contributed by atoms with E-state index in [-0.39, 0.29) is 11.0 Å². The van der Waals surface area contributed by atoms with Crippen molar-refractivity contribution in [2.45, 2.75) is 32.2 Å². The van der Waals surface area contributed by atoms with Gasteiger partial charge in [-0.15, -0.1) is 0 Å². The number of pyridine rings is 1. The zero-order chi connectivity index (χ0) is 11.5. The summed E-state index contributed by atoms with van der Waals surface area (Å²) >= 11 is 0. The molecule has 0 amide bonds. The average molecular weight is 221 g/mol. The van der Waals surface area contributed by atoms with Gasteiger partial charge < -0.3 is 14.6 Å². The van der Waals surface area contributed by atoms with Crippen LogP contribution in [0.1, 0.15) is 25.7 Å². The second kappa shape index (κ2) is 4.85. The second-order valence-electron chi connectivity index (χ2n) is 4.47. The van der Waals surface area contributed by atoms with E-state index in [1.54, 1.807) is 16.8 Å². The SMILES string of the molecule is O=c1cc(B(O)O)ccn1CC1CCCC1. The van der Waals surface area contributed by atoms with E-state index in [1.165, 1.54) is 31.7 Å². The van der Waals surface area contributed by atoms with Crippen molar-refractivity contribution in [1.82, 2.24) is 4.57 Å². The topological polar surface area (TPSA) is 62.5 Å². The summed E-state index contributed by atoms with van der Waals surface area (Å²) in [5.41, 5.74) is 0.102. The Labute approximate surface area is 94.7 Å². The van der Waals surface area contributed by atoms with Crippen molar-refractivity contribution in [2.75, 3.05) is 0 Å². The molecule has 1 aromatic rings. The van der Waals surface area contributed by atoms with Crippen LogP contribution in [0.2, 0.25) is 0 Å². The molecular formula is C11H16BNO3. The van der Waals surface area contributed by atoms with Gasteiger partial charge >= 0.3 is 7.12 Å². The van der Waals surface area contributed by atoms with Gasteiger partial charge in [-0.3, -0.25) is 4.79 Å². The van der Waals surface area contributed by atoms with Crippen molar-refractivity contribution in [3.63, 3.8) is 0 Å². The summed E-state index contributed by atoms with van der Waals surface area (Å²) in [6.07, 6.45) is 6.54. The molecule has 0 spiro atoms. The van der Waals surface area contributed by atoms with Gasteiger partial charge in [-0.1, -0.05) is 12.8 Å². The highest BCUT2D eigenvalue weighted by molar-refractivity contribution is 6.58. The van der Waals surface area contributed by atoms with Gasteiger partial charge in [-0.25, -0.2) is 0 Å². The van der Waals surface area contributed by atoms with Crippen LogP contribution in [0.4, 0.5) is 0 Å². The molecule has 2 N–H and O–H groups in total. The van der Waals surface area contributed by atoms with E-state index >= 15 is 0 Å². The summed E-state index contributed by atoms with van der Waals surface area (Å²) in [6.45, 7) is 0.751. The molecule has 0 aliphatic heterocycles. The lowest BCUT2D eigenvalue weighted by Crippen LogP contribution is -2.35. The van der Waals surface area contributed by atoms with E-state index in [0.29, 0.717) is 5.92 Å². The normalized spacial score (nSPS) is 16.6. The maximum atomic E-state index is 11.7. The minimum absolute atomic E-state index is 0.155. The van der Waals surface area contributed by atoms with Crippen LogP contribution >= 0.6 is 0 Å². The predicted octanol–water partition coefficient (Wildman–Crippen LogP) is -0.282. The first-order chi connectivity index (χ1) is 7.66. The number of hydrogen-bond acceptors (Lipinski definition) is 3. The first-order valence-corrected chi connectivity index (χ1v) is 5.73. The number of rotatable bonds is 3. The molecule has 16 heavy (non-hydrogen) atoms. The zero-order valence-corrected chi connectivity index (χ0v) is 9.17. The van der Waals surface area contributed by atoms with Crippen molar-refractivity contribution in [2.24, 2.45) is 5.92 Å². The molecular weight excluding hydrogens is 205 g/mol. The van der Waals surface area contributed by atoms with Crippen molar-refractivity contribution < 1.29 is 10.0 Å². The molecule has 86 valence electrons. The summed E-state index contributed by atoms with van der Waals surface area (Å²) in [6, 6.07) is 2.88. The van der Waals surface area contributed by atoms with E-state index in [9.17, 15) is 4.79 Å². The smallest absolute Gasteiger partial charge is 0.423 e. The minimum Gasteiger partial charge on any atom is -0.423 e. The maximum Gasteiger partial charge on any atom is 0.488 e. The van der Waals surface area contributed by atoms with E-state index in [4.69, 9.17) is 10.0 Å². The Hall–Kier alpha value is -1.07. The highest BCUT2D eigenvalue weighted by atomic mass is 16.4. The third-order valence-electron chi connectivity index (χ3n) is 3.25. The van der Waals surface area contributed by atoms with E-state index in [1.807, 2.05) is 0 Å². The largest absolute Gasteiger partial charge is 0.488 e. The van der Waals surface area contributed by atoms with Crippen molar-refractivity contribution >= 4 is 12.6 Å². The van der Waals surface area contributed by atoms with Crippen LogP contribution in [0.25, 0.3) is 0 Å². The van der Waals surface area contributed by atoms with Gasteiger partial charge in [0.25, 0.3) is 0 Å². The molecule has 1 heterocycles. The highest BCUT2D eigenvalue weighted by Crippen LogP contribution is 2.25. The quantitative estimate of drug-likeness (QED) is 0.690. The van der Waals surface area contributed by atoms with Gasteiger partial charge in [-0.2, -0.15) is 0 Å². The van der Waals surface area contributed by atoms with E-state index < -0.39 is 7.12 Å². The average Bonchev–Trinajstić information content (AvgIpc) is 2.73. The van der Waals surface area contributed by atoms with Gasteiger partial charge in [0, 0.05) is 18.8 Å². The maximum absolute atomic E-state index is 11.7. The summed E-state index contributed by atoms with van der Waals surface area (Å²) in [7, 11) is -1.56. The number of aromatic nitrogens is 1. The molecule has 0 bridgehead atoms. The standard InChI is InChI=1S/C11H16BNO3/c14-11-7-10(12(15)16)5-6-13(11)8-9-3-1-2-4-9/h5-7,9,15-16H,1-4,8H2. The Kier molecular flexibility index (Phi) is 3.46. The second-order valence-corrected chi connectivity index (χ2v) is 4.47. The Morgan fingerprint density at radius 3 is 2.62 bits per heavy atom. The lowest BCUT2D eigenvalue weighted by Gasteiger charge is -2.11. The van der Waals surface area contributed by atoms with Crippen LogP contribution in [-0.2, 0) is 6.54 Å². The van der Waals surface area contributed by atoms with Crippen LogP contribution in [0, 0.1) is 5.92 Å². The molecule has 1 aromatic heterocycles. The fraction of sp³-hybridized carbons (Fsp3) is 0.545. The molecule has 1 aliphatic carbocycles. The van der Waals surface area contributed by atoms with Crippen LogP contribution in [-0.4, -0.2) is 21.7 Å². The molecule has 2 rings (SSSR count). The predicted molar refractivity (Wildman–Crippen MR) is 62.5 cm³/mol. The number of hydrogen-bond donors (Lipinski definition) is 2. The van der Waals surface area contributed by atoms with E-state index in [2.05, 4.69) is 0 Å². The molecule has 0 unspecified atom stereocenters. The monoisotopic (exact) mass is 221 g/mol. The first kappa shape index (κ1) is 11.4. The molecule has 0 saturated heterocycles. The summed E-state index contributed by atoms with van der Waals surface area (Å²) in [5.74, 6) is 0.600. The van der Waals surface area contributed by atoms with Gasteiger partial charge in [0.15, 0.2) is 0 Å². The van der Waals surface area contributed by atoms with Gasteiger partial charge in [0.05, 0.1) is 0 Å². The molecule has 1 fully saturated rings. The first-order valence-electron chi connectivity index (χ1n) is 5.73. The zero-order valence-electron chi connectivity index (χ0n) is 9.17. The molecule has 4 nitrogen and oxygen atoms in total. The molecule has 1 saturated carbocycles. The summed E-state index contributed by atoms with van der Waals surface area (Å²) in [4.78, 5) is 11.7. The Morgan fingerprint density at radius 2 is 2.06 bits per heavy atom. The van der Waals surface area contributed by atoms with Gasteiger partial charge in [0.2, 0.25) is 5.56 Å². The van der Waals surface area contributed by atoms with Crippen LogP contribution < -0.4 is 11.0 Å². The lowest BCUT2D eigenvalue weighted by atomic mass is 9.81. The summed E-state index contributed by atoms with van der Waals surface area (Å²) in [5, 5.41) is 17.9. The molecule has 0 atom stereocenters. The van der Waals surface area contributed by atoms with Crippen molar-refractivity contribution in [3.8, 4) is 0 Å². The van der Waals surface area contributed by atoms with Gasteiger partial charge in [-0.05, 0) is 30.3 Å². The third-order valence-corrected chi connectivity index (χ3v) is 3.25. The Bertz CT molecular complexity index is 410. The molecule has 0 aromatic carbocycles. The summed E-state index contributed by atoms with van der Waals surface area (Å²) < 4.78 is 1.65. The number of nitrogens with zero attached hydrogens (tertiary/aromatic N) is 1. The fourth-order valence-electron chi connectivity index (χ4n) is 2.31. The minimum atomic E-state index is -1.56. The van der Waals surface area contributed by atoms with Crippen molar-refractivity contribution in [1.29, 1.82) is 0 Å². The van der Waals surface area contributed by atoms with Crippen LogP contribution in [0.3, 0.4) is 0 Å². The Morgan fingerprint density at radius 1 is 1.38 bits per heavy atom. The van der Waals surface area contributed by atoms with Crippen molar-refractivity contribution in [3.05, 3.63) is 28.7 Å². The Balaban J connectivity index is 2.13. The lowest BCUT2D eigenvalue weighted by molar-refractivity contribution is 0.424. The molecule has 5 heteroatoms.